The average Bonchev–Trinajstić information content (AvgIpc) is 2.68. The van der Waals surface area contributed by atoms with E-state index in [9.17, 15) is 4.39 Å². The van der Waals surface area contributed by atoms with Crippen LogP contribution in [0.4, 0.5) is 4.39 Å². The summed E-state index contributed by atoms with van der Waals surface area (Å²) in [5.74, 6) is -0.390. The standard InChI is InChI=1S/C11H6Br2ClFS/c12-10-4-3-9(16-10)11(13)6-1-2-7(14)8(15)5-6/h1-5,11H. The van der Waals surface area contributed by atoms with E-state index < -0.39 is 0 Å². The van der Waals surface area contributed by atoms with E-state index in [-0.39, 0.29) is 15.7 Å². The van der Waals surface area contributed by atoms with Crippen LogP contribution in [0, 0.1) is 5.82 Å². The van der Waals surface area contributed by atoms with Crippen molar-refractivity contribution in [3.8, 4) is 0 Å². The zero-order chi connectivity index (χ0) is 11.7. The summed E-state index contributed by atoms with van der Waals surface area (Å²) in [6.07, 6.45) is 0. The van der Waals surface area contributed by atoms with Gasteiger partial charge in [0.05, 0.1) is 13.6 Å². The molecule has 16 heavy (non-hydrogen) atoms. The van der Waals surface area contributed by atoms with Gasteiger partial charge in [-0.3, -0.25) is 0 Å². The van der Waals surface area contributed by atoms with Crippen LogP contribution < -0.4 is 0 Å². The van der Waals surface area contributed by atoms with Crippen molar-refractivity contribution in [2.45, 2.75) is 4.83 Å². The van der Waals surface area contributed by atoms with Crippen molar-refractivity contribution in [1.29, 1.82) is 0 Å². The molecule has 0 spiro atoms. The minimum Gasteiger partial charge on any atom is -0.205 e. The van der Waals surface area contributed by atoms with E-state index in [2.05, 4.69) is 31.9 Å². The molecular weight excluding hydrogens is 378 g/mol. The zero-order valence-electron chi connectivity index (χ0n) is 7.88. The van der Waals surface area contributed by atoms with Crippen LogP contribution in [0.15, 0.2) is 34.1 Å². The number of alkyl halides is 1. The van der Waals surface area contributed by atoms with Gasteiger partial charge in [0.1, 0.15) is 5.82 Å². The molecule has 84 valence electrons. The summed E-state index contributed by atoms with van der Waals surface area (Å²) in [5, 5.41) is 0.149. The van der Waals surface area contributed by atoms with Crippen LogP contribution >= 0.6 is 54.8 Å². The quantitative estimate of drug-likeness (QED) is 0.575. The molecule has 0 bridgehead atoms. The second-order valence-electron chi connectivity index (χ2n) is 3.18. The van der Waals surface area contributed by atoms with Crippen LogP contribution in [-0.4, -0.2) is 0 Å². The van der Waals surface area contributed by atoms with Gasteiger partial charge in [-0.2, -0.15) is 0 Å². The minimum atomic E-state index is -0.390. The van der Waals surface area contributed by atoms with E-state index >= 15 is 0 Å². The highest BCUT2D eigenvalue weighted by Gasteiger charge is 2.14. The SMILES string of the molecule is Fc1cc(C(Br)c2ccc(Br)s2)ccc1Cl. The van der Waals surface area contributed by atoms with Gasteiger partial charge in [0.2, 0.25) is 0 Å². The molecule has 0 saturated carbocycles. The molecule has 1 aromatic carbocycles. The van der Waals surface area contributed by atoms with Crippen molar-refractivity contribution in [2.24, 2.45) is 0 Å². The van der Waals surface area contributed by atoms with Crippen LogP contribution in [0.3, 0.4) is 0 Å². The number of benzene rings is 1. The smallest absolute Gasteiger partial charge is 0.142 e. The molecule has 2 aromatic rings. The Morgan fingerprint density at radius 1 is 1.25 bits per heavy atom. The number of halogens is 4. The number of hydrogen-bond donors (Lipinski definition) is 0. The van der Waals surface area contributed by atoms with Gasteiger partial charge < -0.3 is 0 Å². The van der Waals surface area contributed by atoms with Gasteiger partial charge in [-0.15, -0.1) is 11.3 Å². The molecule has 0 radical (unpaired) electrons. The fourth-order valence-electron chi connectivity index (χ4n) is 1.30. The second kappa shape index (κ2) is 5.17. The molecule has 0 N–H and O–H groups in total. The molecule has 0 nitrogen and oxygen atoms in total. The third-order valence-corrected chi connectivity index (χ3v) is 5.40. The predicted molar refractivity (Wildman–Crippen MR) is 74.2 cm³/mol. The number of hydrogen-bond acceptors (Lipinski definition) is 1. The van der Waals surface area contributed by atoms with Crippen LogP contribution in [0.2, 0.25) is 5.02 Å². The predicted octanol–water partition coefficient (Wildman–Crippen LogP) is 5.79. The van der Waals surface area contributed by atoms with Gasteiger partial charge in [-0.05, 0) is 45.8 Å². The lowest BCUT2D eigenvalue weighted by molar-refractivity contribution is 0.626. The Hall–Kier alpha value is 0.1000. The molecule has 1 heterocycles. The normalized spacial score (nSPS) is 12.8. The summed E-state index contributed by atoms with van der Waals surface area (Å²) in [6.45, 7) is 0. The lowest BCUT2D eigenvalue weighted by atomic mass is 10.1. The second-order valence-corrected chi connectivity index (χ2v) is 7.00. The first-order valence-electron chi connectivity index (χ1n) is 4.42. The van der Waals surface area contributed by atoms with Crippen molar-refractivity contribution in [3.63, 3.8) is 0 Å². The highest BCUT2D eigenvalue weighted by Crippen LogP contribution is 2.37. The lowest BCUT2D eigenvalue weighted by Gasteiger charge is -2.08. The molecular formula is C11H6Br2ClFS. The maximum atomic E-state index is 13.3. The highest BCUT2D eigenvalue weighted by molar-refractivity contribution is 9.11. The van der Waals surface area contributed by atoms with Crippen molar-refractivity contribution >= 4 is 54.8 Å². The zero-order valence-corrected chi connectivity index (χ0v) is 12.6. The first kappa shape index (κ1) is 12.6. The number of rotatable bonds is 2. The van der Waals surface area contributed by atoms with Crippen LogP contribution in [0.25, 0.3) is 0 Å². The van der Waals surface area contributed by atoms with E-state index in [1.54, 1.807) is 17.4 Å². The molecule has 1 atom stereocenters. The van der Waals surface area contributed by atoms with Crippen LogP contribution in [-0.2, 0) is 0 Å². The Morgan fingerprint density at radius 2 is 2.00 bits per heavy atom. The third kappa shape index (κ3) is 2.67. The van der Waals surface area contributed by atoms with Crippen molar-refractivity contribution in [1.82, 2.24) is 0 Å². The van der Waals surface area contributed by atoms with E-state index in [0.717, 1.165) is 14.2 Å². The first-order chi connectivity index (χ1) is 7.58. The molecule has 0 fully saturated rings. The molecule has 2 rings (SSSR count). The van der Waals surface area contributed by atoms with Gasteiger partial charge >= 0.3 is 0 Å². The summed E-state index contributed by atoms with van der Waals surface area (Å²) < 4.78 is 14.4. The Bertz CT molecular complexity index is 512. The summed E-state index contributed by atoms with van der Waals surface area (Å²) in [4.78, 5) is 1.11. The van der Waals surface area contributed by atoms with Crippen molar-refractivity contribution < 1.29 is 4.39 Å². The molecule has 0 aliphatic carbocycles. The Kier molecular flexibility index (Phi) is 4.06. The largest absolute Gasteiger partial charge is 0.205 e. The maximum Gasteiger partial charge on any atom is 0.142 e. The molecule has 1 aromatic heterocycles. The summed E-state index contributed by atoms with van der Waals surface area (Å²) >= 11 is 14.2. The average molecular weight is 384 g/mol. The molecule has 5 heteroatoms. The fraction of sp³-hybridized carbons (Fsp3) is 0.0909. The molecule has 0 aliphatic heterocycles. The van der Waals surface area contributed by atoms with Gasteiger partial charge in [0, 0.05) is 4.88 Å². The van der Waals surface area contributed by atoms with Crippen molar-refractivity contribution in [2.75, 3.05) is 0 Å². The van der Waals surface area contributed by atoms with Gasteiger partial charge in [-0.1, -0.05) is 33.6 Å². The summed E-state index contributed by atoms with van der Waals surface area (Å²) in [7, 11) is 0. The van der Waals surface area contributed by atoms with Gasteiger partial charge in [0.25, 0.3) is 0 Å². The molecule has 0 saturated heterocycles. The Labute approximate surface area is 119 Å². The van der Waals surface area contributed by atoms with Crippen LogP contribution in [0.5, 0.6) is 0 Å². The third-order valence-electron chi connectivity index (χ3n) is 2.08. The van der Waals surface area contributed by atoms with E-state index in [0.29, 0.717) is 0 Å². The lowest BCUT2D eigenvalue weighted by Crippen LogP contribution is -1.90. The topological polar surface area (TPSA) is 0 Å². The highest BCUT2D eigenvalue weighted by atomic mass is 79.9. The summed E-state index contributed by atoms with van der Waals surface area (Å²) in [5.41, 5.74) is 0.858. The first-order valence-corrected chi connectivity index (χ1v) is 7.32. The van der Waals surface area contributed by atoms with E-state index in [1.807, 2.05) is 18.2 Å². The maximum absolute atomic E-state index is 13.3. The van der Waals surface area contributed by atoms with E-state index in [1.165, 1.54) is 6.07 Å². The number of thiophene rings is 1. The minimum absolute atomic E-state index is 0.00410. The van der Waals surface area contributed by atoms with Crippen molar-refractivity contribution in [3.05, 3.63) is 55.4 Å². The molecule has 1 unspecified atom stereocenters. The molecule has 0 amide bonds. The van der Waals surface area contributed by atoms with Gasteiger partial charge in [-0.25, -0.2) is 4.39 Å². The summed E-state index contributed by atoms with van der Waals surface area (Å²) in [6, 6.07) is 8.82. The monoisotopic (exact) mass is 382 g/mol. The Balaban J connectivity index is 2.33. The van der Waals surface area contributed by atoms with E-state index in [4.69, 9.17) is 11.6 Å². The fourth-order valence-corrected chi connectivity index (χ4v) is 3.56. The van der Waals surface area contributed by atoms with Gasteiger partial charge in [0.15, 0.2) is 0 Å². The molecule has 0 aliphatic rings. The van der Waals surface area contributed by atoms with Crippen LogP contribution in [0.1, 0.15) is 15.3 Å². The Morgan fingerprint density at radius 3 is 2.56 bits per heavy atom.